The van der Waals surface area contributed by atoms with Gasteiger partial charge < -0.3 is 5.11 Å². The SMILES string of the molecule is O=C(/C=C(O)/C=C/c1ccccc1)C(Cl)(Cl)Cl. The third-order valence-corrected chi connectivity index (χ3v) is 2.36. The number of halogens is 3. The van der Waals surface area contributed by atoms with Crippen molar-refractivity contribution in [3.8, 4) is 0 Å². The highest BCUT2D eigenvalue weighted by Crippen LogP contribution is 2.27. The number of hydrogen-bond acceptors (Lipinski definition) is 2. The molecule has 0 aliphatic rings. The average molecular weight is 292 g/mol. The highest BCUT2D eigenvalue weighted by Gasteiger charge is 2.28. The second kappa shape index (κ2) is 6.10. The minimum absolute atomic E-state index is 0.273. The van der Waals surface area contributed by atoms with Gasteiger partial charge in [-0.1, -0.05) is 71.2 Å². The van der Waals surface area contributed by atoms with Gasteiger partial charge in [0.2, 0.25) is 5.78 Å². The molecule has 1 aromatic rings. The van der Waals surface area contributed by atoms with Crippen LogP contribution in [0, 0.1) is 0 Å². The van der Waals surface area contributed by atoms with Gasteiger partial charge in [0.05, 0.1) is 0 Å². The molecule has 0 bridgehead atoms. The van der Waals surface area contributed by atoms with Gasteiger partial charge in [0.25, 0.3) is 3.79 Å². The van der Waals surface area contributed by atoms with E-state index in [1.807, 2.05) is 30.3 Å². The summed E-state index contributed by atoms with van der Waals surface area (Å²) in [4.78, 5) is 11.2. The summed E-state index contributed by atoms with van der Waals surface area (Å²) in [6.45, 7) is 0. The van der Waals surface area contributed by atoms with Crippen LogP contribution in [0.3, 0.4) is 0 Å². The van der Waals surface area contributed by atoms with Crippen LogP contribution in [0.2, 0.25) is 0 Å². The minimum Gasteiger partial charge on any atom is -0.508 e. The summed E-state index contributed by atoms with van der Waals surface area (Å²) in [6, 6.07) is 9.28. The Kier molecular flexibility index (Phi) is 5.06. The molecule has 1 N–H and O–H groups in total. The third-order valence-electron chi connectivity index (χ3n) is 1.80. The molecule has 0 atom stereocenters. The second-order valence-electron chi connectivity index (χ2n) is 3.18. The number of rotatable bonds is 3. The summed E-state index contributed by atoms with van der Waals surface area (Å²) in [5.41, 5.74) is 0.883. The lowest BCUT2D eigenvalue weighted by molar-refractivity contribution is -0.113. The first kappa shape index (κ1) is 14.1. The van der Waals surface area contributed by atoms with Crippen LogP contribution in [0.1, 0.15) is 5.56 Å². The van der Waals surface area contributed by atoms with Gasteiger partial charge >= 0.3 is 0 Å². The fraction of sp³-hybridized carbons (Fsp3) is 0.0833. The number of aliphatic hydroxyl groups excluding tert-OH is 1. The van der Waals surface area contributed by atoms with Crippen LogP contribution < -0.4 is 0 Å². The fourth-order valence-corrected chi connectivity index (χ4v) is 1.17. The van der Waals surface area contributed by atoms with Gasteiger partial charge in [-0.2, -0.15) is 0 Å². The van der Waals surface area contributed by atoms with E-state index in [1.165, 1.54) is 6.08 Å². The number of carbonyl (C=O) groups excluding carboxylic acids is 1. The van der Waals surface area contributed by atoms with E-state index in [9.17, 15) is 9.90 Å². The lowest BCUT2D eigenvalue weighted by Gasteiger charge is -2.04. The highest BCUT2D eigenvalue weighted by atomic mass is 35.6. The first-order valence-corrected chi connectivity index (χ1v) is 5.78. The summed E-state index contributed by atoms with van der Waals surface area (Å²) >= 11 is 16.0. The van der Waals surface area contributed by atoms with Crippen molar-refractivity contribution in [3.05, 3.63) is 53.8 Å². The molecule has 0 saturated heterocycles. The predicted molar refractivity (Wildman–Crippen MR) is 71.5 cm³/mol. The zero-order valence-corrected chi connectivity index (χ0v) is 10.9. The number of alkyl halides is 3. The van der Waals surface area contributed by atoms with Crippen molar-refractivity contribution in [2.24, 2.45) is 0 Å². The van der Waals surface area contributed by atoms with Gasteiger partial charge in [-0.25, -0.2) is 0 Å². The molecular formula is C12H9Cl3O2. The molecule has 2 nitrogen and oxygen atoms in total. The molecule has 0 aliphatic heterocycles. The van der Waals surface area contributed by atoms with E-state index >= 15 is 0 Å². The lowest BCUT2D eigenvalue weighted by atomic mass is 10.2. The Balaban J connectivity index is 2.73. The van der Waals surface area contributed by atoms with Gasteiger partial charge in [-0.15, -0.1) is 0 Å². The summed E-state index contributed by atoms with van der Waals surface area (Å²) in [5, 5.41) is 9.42. The maximum absolute atomic E-state index is 11.2. The molecule has 90 valence electrons. The normalized spacial score (nSPS) is 13.0. The van der Waals surface area contributed by atoms with Gasteiger partial charge in [-0.3, -0.25) is 4.79 Å². The zero-order valence-electron chi connectivity index (χ0n) is 8.61. The fourth-order valence-electron chi connectivity index (χ4n) is 1.01. The van der Waals surface area contributed by atoms with Crippen molar-refractivity contribution >= 4 is 46.7 Å². The first-order chi connectivity index (χ1) is 7.89. The average Bonchev–Trinajstić information content (AvgIpc) is 2.26. The van der Waals surface area contributed by atoms with Crippen LogP contribution in [-0.4, -0.2) is 14.7 Å². The van der Waals surface area contributed by atoms with Crippen molar-refractivity contribution in [1.82, 2.24) is 0 Å². The molecule has 0 fully saturated rings. The van der Waals surface area contributed by atoms with Crippen LogP contribution in [0.5, 0.6) is 0 Å². The van der Waals surface area contributed by atoms with Crippen molar-refractivity contribution in [1.29, 1.82) is 0 Å². The van der Waals surface area contributed by atoms with E-state index in [2.05, 4.69) is 0 Å². The molecule has 0 heterocycles. The van der Waals surface area contributed by atoms with E-state index < -0.39 is 9.58 Å². The Labute approximate surface area is 114 Å². The van der Waals surface area contributed by atoms with Crippen molar-refractivity contribution in [3.63, 3.8) is 0 Å². The van der Waals surface area contributed by atoms with E-state index in [0.717, 1.165) is 11.6 Å². The molecule has 0 amide bonds. The van der Waals surface area contributed by atoms with E-state index in [4.69, 9.17) is 34.8 Å². The Morgan fingerprint density at radius 1 is 1.18 bits per heavy atom. The number of allylic oxidation sites excluding steroid dienone is 2. The minimum atomic E-state index is -2.05. The molecule has 0 saturated carbocycles. The number of aliphatic hydroxyl groups is 1. The molecule has 0 aromatic heterocycles. The molecular weight excluding hydrogens is 282 g/mol. The second-order valence-corrected chi connectivity index (χ2v) is 5.46. The summed E-state index contributed by atoms with van der Waals surface area (Å²) in [5.74, 6) is -1.07. The predicted octanol–water partition coefficient (Wildman–Crippen LogP) is 4.08. The van der Waals surface area contributed by atoms with Gasteiger partial charge in [-0.05, 0) is 11.6 Å². The maximum Gasteiger partial charge on any atom is 0.252 e. The van der Waals surface area contributed by atoms with E-state index in [1.54, 1.807) is 6.08 Å². The summed E-state index contributed by atoms with van der Waals surface area (Å²) in [6.07, 6.45) is 3.85. The standard InChI is InChI=1S/C12H9Cl3O2/c13-12(14,15)11(17)8-10(16)7-6-9-4-2-1-3-5-9/h1-8,16H/b7-6+,10-8-. The topological polar surface area (TPSA) is 37.3 Å². The number of ketones is 1. The largest absolute Gasteiger partial charge is 0.508 e. The monoisotopic (exact) mass is 290 g/mol. The van der Waals surface area contributed by atoms with Gasteiger partial charge in [0.1, 0.15) is 5.76 Å². The maximum atomic E-state index is 11.2. The van der Waals surface area contributed by atoms with E-state index in [0.29, 0.717) is 0 Å². The Hall–Kier alpha value is -0.960. The number of hydrogen-bond donors (Lipinski definition) is 1. The van der Waals surface area contributed by atoms with Crippen LogP contribution in [-0.2, 0) is 4.79 Å². The first-order valence-electron chi connectivity index (χ1n) is 4.64. The Bertz CT molecular complexity index is 445. The quantitative estimate of drug-likeness (QED) is 0.394. The number of carbonyl (C=O) groups is 1. The summed E-state index contributed by atoms with van der Waals surface area (Å²) < 4.78 is -2.05. The molecule has 0 aliphatic carbocycles. The van der Waals surface area contributed by atoms with Gasteiger partial charge in [0.15, 0.2) is 0 Å². The zero-order chi connectivity index (χ0) is 12.9. The molecule has 1 aromatic carbocycles. The smallest absolute Gasteiger partial charge is 0.252 e. The molecule has 0 unspecified atom stereocenters. The lowest BCUT2D eigenvalue weighted by Crippen LogP contribution is -2.16. The van der Waals surface area contributed by atoms with Crippen LogP contribution in [0.25, 0.3) is 6.08 Å². The van der Waals surface area contributed by atoms with Crippen molar-refractivity contribution < 1.29 is 9.90 Å². The Morgan fingerprint density at radius 3 is 2.29 bits per heavy atom. The third kappa shape index (κ3) is 5.26. The van der Waals surface area contributed by atoms with Gasteiger partial charge in [0, 0.05) is 6.08 Å². The van der Waals surface area contributed by atoms with E-state index in [-0.39, 0.29) is 5.76 Å². The highest BCUT2D eigenvalue weighted by molar-refractivity contribution is 6.77. The van der Waals surface area contributed by atoms with Crippen LogP contribution >= 0.6 is 34.8 Å². The van der Waals surface area contributed by atoms with Crippen LogP contribution in [0.15, 0.2) is 48.2 Å². The molecule has 1 rings (SSSR count). The van der Waals surface area contributed by atoms with Crippen molar-refractivity contribution in [2.75, 3.05) is 0 Å². The molecule has 17 heavy (non-hydrogen) atoms. The number of benzene rings is 1. The molecule has 0 spiro atoms. The summed E-state index contributed by atoms with van der Waals surface area (Å²) in [7, 11) is 0. The van der Waals surface area contributed by atoms with Crippen LogP contribution in [0.4, 0.5) is 0 Å². The molecule has 5 heteroatoms. The molecule has 0 radical (unpaired) electrons. The van der Waals surface area contributed by atoms with Crippen molar-refractivity contribution in [2.45, 2.75) is 3.79 Å². The Morgan fingerprint density at radius 2 is 1.76 bits per heavy atom.